The SMILES string of the molecule is CNC(CC1CCCO1)c1cscc1Br. The van der Waals surface area contributed by atoms with E-state index in [0.29, 0.717) is 12.1 Å². The summed E-state index contributed by atoms with van der Waals surface area (Å²) in [6, 6.07) is 0.411. The highest BCUT2D eigenvalue weighted by molar-refractivity contribution is 9.10. The van der Waals surface area contributed by atoms with Crippen molar-refractivity contribution in [3.05, 3.63) is 20.8 Å². The summed E-state index contributed by atoms with van der Waals surface area (Å²) in [6.07, 6.45) is 3.94. The molecule has 1 saturated heterocycles. The molecule has 1 N–H and O–H groups in total. The first-order valence-corrected chi connectivity index (χ1v) is 7.05. The summed E-state index contributed by atoms with van der Waals surface area (Å²) < 4.78 is 6.88. The van der Waals surface area contributed by atoms with Crippen molar-refractivity contribution in [3.8, 4) is 0 Å². The number of hydrogen-bond donors (Lipinski definition) is 1. The van der Waals surface area contributed by atoms with Crippen LogP contribution in [0.2, 0.25) is 0 Å². The van der Waals surface area contributed by atoms with Crippen molar-refractivity contribution in [2.45, 2.75) is 31.4 Å². The predicted molar refractivity (Wildman–Crippen MR) is 67.4 cm³/mol. The molecule has 0 aromatic carbocycles. The lowest BCUT2D eigenvalue weighted by Gasteiger charge is -2.19. The lowest BCUT2D eigenvalue weighted by molar-refractivity contribution is 0.0954. The lowest BCUT2D eigenvalue weighted by Crippen LogP contribution is -2.21. The fourth-order valence-electron chi connectivity index (χ4n) is 2.03. The highest BCUT2D eigenvalue weighted by atomic mass is 79.9. The van der Waals surface area contributed by atoms with Gasteiger partial charge in [0.15, 0.2) is 0 Å². The van der Waals surface area contributed by atoms with E-state index in [9.17, 15) is 0 Å². The Labute approximate surface area is 103 Å². The van der Waals surface area contributed by atoms with Gasteiger partial charge in [0, 0.05) is 22.5 Å². The standard InChI is InChI=1S/C11H16BrNOS/c1-13-11(5-8-3-2-4-14-8)9-6-15-7-10(9)12/h6-8,11,13H,2-5H2,1H3. The van der Waals surface area contributed by atoms with Gasteiger partial charge in [0.2, 0.25) is 0 Å². The van der Waals surface area contributed by atoms with Crippen LogP contribution in [0.4, 0.5) is 0 Å². The zero-order chi connectivity index (χ0) is 10.7. The second-order valence-corrected chi connectivity index (χ2v) is 5.48. The van der Waals surface area contributed by atoms with E-state index in [4.69, 9.17) is 4.74 Å². The molecule has 2 heterocycles. The first-order valence-electron chi connectivity index (χ1n) is 5.31. The number of halogens is 1. The Bertz CT molecular complexity index is 309. The lowest BCUT2D eigenvalue weighted by atomic mass is 10.0. The van der Waals surface area contributed by atoms with Gasteiger partial charge in [0.25, 0.3) is 0 Å². The second-order valence-electron chi connectivity index (χ2n) is 3.89. The molecule has 0 spiro atoms. The third-order valence-corrected chi connectivity index (χ3v) is 4.64. The topological polar surface area (TPSA) is 21.3 Å². The van der Waals surface area contributed by atoms with Gasteiger partial charge in [-0.05, 0) is 53.2 Å². The van der Waals surface area contributed by atoms with Gasteiger partial charge >= 0.3 is 0 Å². The van der Waals surface area contributed by atoms with Crippen LogP contribution in [0.15, 0.2) is 15.2 Å². The zero-order valence-electron chi connectivity index (χ0n) is 8.83. The molecule has 1 aliphatic heterocycles. The van der Waals surface area contributed by atoms with Crippen LogP contribution in [0.25, 0.3) is 0 Å². The summed E-state index contributed by atoms with van der Waals surface area (Å²) >= 11 is 5.33. The van der Waals surface area contributed by atoms with Crippen LogP contribution in [-0.4, -0.2) is 19.8 Å². The van der Waals surface area contributed by atoms with Crippen molar-refractivity contribution in [2.75, 3.05) is 13.7 Å². The van der Waals surface area contributed by atoms with E-state index in [1.54, 1.807) is 11.3 Å². The monoisotopic (exact) mass is 289 g/mol. The van der Waals surface area contributed by atoms with E-state index in [-0.39, 0.29) is 0 Å². The third kappa shape index (κ3) is 2.81. The van der Waals surface area contributed by atoms with Gasteiger partial charge in [-0.3, -0.25) is 0 Å². The molecule has 1 aromatic heterocycles. The molecule has 84 valence electrons. The Kier molecular flexibility index (Phi) is 4.20. The molecule has 15 heavy (non-hydrogen) atoms. The number of ether oxygens (including phenoxy) is 1. The molecule has 0 amide bonds. The van der Waals surface area contributed by atoms with Gasteiger partial charge in [-0.15, -0.1) is 0 Å². The van der Waals surface area contributed by atoms with Crippen molar-refractivity contribution in [2.24, 2.45) is 0 Å². The molecule has 2 unspecified atom stereocenters. The van der Waals surface area contributed by atoms with Gasteiger partial charge in [0.1, 0.15) is 0 Å². The van der Waals surface area contributed by atoms with E-state index in [1.807, 2.05) is 7.05 Å². The maximum Gasteiger partial charge on any atom is 0.0594 e. The molecule has 1 aromatic rings. The van der Waals surface area contributed by atoms with E-state index >= 15 is 0 Å². The Morgan fingerprint density at radius 2 is 2.53 bits per heavy atom. The first kappa shape index (κ1) is 11.6. The average Bonchev–Trinajstić information content (AvgIpc) is 2.85. The molecule has 1 aliphatic rings. The molecule has 2 rings (SSSR count). The summed E-state index contributed by atoms with van der Waals surface area (Å²) in [7, 11) is 2.02. The Hall–Kier alpha value is 0.100. The summed E-state index contributed by atoms with van der Waals surface area (Å²) in [5.41, 5.74) is 1.36. The molecule has 0 bridgehead atoms. The second kappa shape index (κ2) is 5.43. The van der Waals surface area contributed by atoms with Crippen molar-refractivity contribution < 1.29 is 4.74 Å². The van der Waals surface area contributed by atoms with Crippen LogP contribution in [0.3, 0.4) is 0 Å². The fourth-order valence-corrected chi connectivity index (χ4v) is 3.66. The van der Waals surface area contributed by atoms with E-state index in [0.717, 1.165) is 13.0 Å². The van der Waals surface area contributed by atoms with Crippen LogP contribution in [0, 0.1) is 0 Å². The van der Waals surface area contributed by atoms with Crippen LogP contribution in [0.5, 0.6) is 0 Å². The zero-order valence-corrected chi connectivity index (χ0v) is 11.2. The van der Waals surface area contributed by atoms with Crippen molar-refractivity contribution in [1.29, 1.82) is 0 Å². The van der Waals surface area contributed by atoms with E-state index in [2.05, 4.69) is 32.0 Å². The molecular formula is C11H16BrNOS. The van der Waals surface area contributed by atoms with Gasteiger partial charge in [-0.2, -0.15) is 11.3 Å². The number of thiophene rings is 1. The molecule has 2 atom stereocenters. The summed E-state index contributed by atoms with van der Waals surface area (Å²) in [6.45, 7) is 0.936. The number of hydrogen-bond acceptors (Lipinski definition) is 3. The molecule has 1 fully saturated rings. The molecule has 4 heteroatoms. The average molecular weight is 290 g/mol. The summed E-state index contributed by atoms with van der Waals surface area (Å²) in [4.78, 5) is 0. The van der Waals surface area contributed by atoms with Crippen LogP contribution in [-0.2, 0) is 4.74 Å². The first-order chi connectivity index (χ1) is 7.31. The fraction of sp³-hybridized carbons (Fsp3) is 0.636. The molecule has 0 aliphatic carbocycles. The number of rotatable bonds is 4. The number of nitrogens with one attached hydrogen (secondary N) is 1. The van der Waals surface area contributed by atoms with Gasteiger partial charge in [-0.25, -0.2) is 0 Å². The minimum atomic E-state index is 0.411. The van der Waals surface area contributed by atoms with E-state index < -0.39 is 0 Å². The molecule has 2 nitrogen and oxygen atoms in total. The van der Waals surface area contributed by atoms with Gasteiger partial charge in [0.05, 0.1) is 6.10 Å². The van der Waals surface area contributed by atoms with Crippen molar-refractivity contribution in [3.63, 3.8) is 0 Å². The van der Waals surface area contributed by atoms with Crippen molar-refractivity contribution >= 4 is 27.3 Å². The minimum absolute atomic E-state index is 0.411. The summed E-state index contributed by atoms with van der Waals surface area (Å²) in [5, 5.41) is 7.71. The van der Waals surface area contributed by atoms with Crippen LogP contribution in [0.1, 0.15) is 30.9 Å². The van der Waals surface area contributed by atoms with Gasteiger partial charge < -0.3 is 10.1 Å². The maximum absolute atomic E-state index is 5.67. The van der Waals surface area contributed by atoms with Crippen LogP contribution < -0.4 is 5.32 Å². The Balaban J connectivity index is 2.00. The minimum Gasteiger partial charge on any atom is -0.378 e. The predicted octanol–water partition coefficient (Wildman–Crippen LogP) is 3.34. The highest BCUT2D eigenvalue weighted by Crippen LogP contribution is 2.31. The quantitative estimate of drug-likeness (QED) is 0.918. The highest BCUT2D eigenvalue weighted by Gasteiger charge is 2.22. The van der Waals surface area contributed by atoms with Crippen molar-refractivity contribution in [1.82, 2.24) is 5.32 Å². The molecule has 0 radical (unpaired) electrons. The normalized spacial score (nSPS) is 23.2. The Morgan fingerprint density at radius 3 is 3.07 bits per heavy atom. The molecule has 0 saturated carbocycles. The molecular weight excluding hydrogens is 274 g/mol. The Morgan fingerprint density at radius 1 is 1.67 bits per heavy atom. The van der Waals surface area contributed by atoms with Crippen LogP contribution >= 0.6 is 27.3 Å². The third-order valence-electron chi connectivity index (χ3n) is 2.89. The van der Waals surface area contributed by atoms with E-state index in [1.165, 1.54) is 22.9 Å². The summed E-state index contributed by atoms with van der Waals surface area (Å²) in [5.74, 6) is 0. The maximum atomic E-state index is 5.67. The smallest absolute Gasteiger partial charge is 0.0594 e. The van der Waals surface area contributed by atoms with Gasteiger partial charge in [-0.1, -0.05) is 0 Å². The largest absolute Gasteiger partial charge is 0.378 e.